The molecule has 3 nitrogen and oxygen atoms in total. The number of nitrogens with zero attached hydrogens (tertiary/aromatic N) is 2. The van der Waals surface area contributed by atoms with E-state index in [0.717, 1.165) is 23.0 Å². The van der Waals surface area contributed by atoms with Crippen LogP contribution < -0.4 is 0 Å². The summed E-state index contributed by atoms with van der Waals surface area (Å²) in [6, 6.07) is 2.26. The summed E-state index contributed by atoms with van der Waals surface area (Å²) in [5, 5.41) is 0. The molecule has 2 rings (SSSR count). The summed E-state index contributed by atoms with van der Waals surface area (Å²) in [4.78, 5) is 14.6. The molecule has 1 fully saturated rings. The molecule has 0 spiro atoms. The van der Waals surface area contributed by atoms with Gasteiger partial charge in [-0.3, -0.25) is 4.79 Å². The van der Waals surface area contributed by atoms with Gasteiger partial charge in [-0.15, -0.1) is 6.58 Å². The molecular weight excluding hydrogens is 292 g/mol. The van der Waals surface area contributed by atoms with Gasteiger partial charge < -0.3 is 9.47 Å². The second kappa shape index (κ2) is 5.74. The summed E-state index contributed by atoms with van der Waals surface area (Å²) in [7, 11) is 1.90. The second-order valence-electron chi connectivity index (χ2n) is 4.84. The van der Waals surface area contributed by atoms with Crippen LogP contribution in [0.5, 0.6) is 0 Å². The molecule has 1 aromatic rings. The van der Waals surface area contributed by atoms with E-state index >= 15 is 0 Å². The predicted molar refractivity (Wildman–Crippen MR) is 76.6 cm³/mol. The minimum absolute atomic E-state index is 0.106. The number of carbonyl (C=O) groups is 1. The first-order valence-electron chi connectivity index (χ1n) is 6.37. The largest absolute Gasteiger partial charge is 0.345 e. The van der Waals surface area contributed by atoms with Gasteiger partial charge in [0.15, 0.2) is 0 Å². The zero-order valence-electron chi connectivity index (χ0n) is 10.7. The monoisotopic (exact) mass is 310 g/mol. The van der Waals surface area contributed by atoms with Gasteiger partial charge in [-0.25, -0.2) is 0 Å². The summed E-state index contributed by atoms with van der Waals surface area (Å²) in [6.07, 6.45) is 8.41. The third-order valence-corrected chi connectivity index (χ3v) is 3.98. The predicted octanol–water partition coefficient (Wildman–Crippen LogP) is 3.36. The van der Waals surface area contributed by atoms with E-state index < -0.39 is 0 Å². The zero-order chi connectivity index (χ0) is 13.1. The lowest BCUT2D eigenvalue weighted by Crippen LogP contribution is -2.39. The van der Waals surface area contributed by atoms with Gasteiger partial charge in [0.05, 0.1) is 0 Å². The van der Waals surface area contributed by atoms with Gasteiger partial charge in [-0.05, 0) is 34.8 Å². The summed E-state index contributed by atoms with van der Waals surface area (Å²) >= 11 is 3.41. The molecule has 1 amide bonds. The van der Waals surface area contributed by atoms with E-state index in [1.165, 1.54) is 12.8 Å². The highest BCUT2D eigenvalue weighted by Crippen LogP contribution is 2.25. The topological polar surface area (TPSA) is 25.2 Å². The molecule has 1 aliphatic rings. The number of aryl methyl sites for hydroxylation is 1. The minimum atomic E-state index is 0.106. The molecule has 98 valence electrons. The highest BCUT2D eigenvalue weighted by Gasteiger charge is 2.27. The van der Waals surface area contributed by atoms with E-state index in [1.54, 1.807) is 0 Å². The molecular formula is C14H19BrN2O. The van der Waals surface area contributed by atoms with E-state index in [9.17, 15) is 4.79 Å². The van der Waals surface area contributed by atoms with Crippen LogP contribution in [0.2, 0.25) is 0 Å². The summed E-state index contributed by atoms with van der Waals surface area (Å²) in [5.74, 6) is 0.106. The Balaban J connectivity index is 2.22. The molecule has 0 N–H and O–H groups in total. The molecule has 0 radical (unpaired) electrons. The second-order valence-corrected chi connectivity index (χ2v) is 5.75. The molecule has 1 heterocycles. The molecule has 4 heteroatoms. The fourth-order valence-corrected chi connectivity index (χ4v) is 3.16. The highest BCUT2D eigenvalue weighted by molar-refractivity contribution is 9.10. The Kier molecular flexibility index (Phi) is 4.27. The normalized spacial score (nSPS) is 15.9. The standard InChI is InChI=1S/C14H19BrN2O/c1-3-8-17(12-6-4-5-7-12)14(18)13-9-11(15)10-16(13)2/h3,9-10,12H,1,4-8H2,2H3. The SMILES string of the molecule is C=CCN(C(=O)c1cc(Br)cn1C)C1CCCC1. The zero-order valence-corrected chi connectivity index (χ0v) is 12.3. The third kappa shape index (κ3) is 2.69. The van der Waals surface area contributed by atoms with E-state index in [-0.39, 0.29) is 5.91 Å². The Morgan fingerprint density at radius 3 is 2.78 bits per heavy atom. The number of rotatable bonds is 4. The van der Waals surface area contributed by atoms with Gasteiger partial charge in [0.2, 0.25) is 0 Å². The Bertz CT molecular complexity index is 447. The Hall–Kier alpha value is -1.03. The van der Waals surface area contributed by atoms with Crippen molar-refractivity contribution in [1.29, 1.82) is 0 Å². The molecule has 1 aliphatic carbocycles. The number of amides is 1. The van der Waals surface area contributed by atoms with Crippen LogP contribution in [0.15, 0.2) is 29.4 Å². The number of carbonyl (C=O) groups excluding carboxylic acids is 1. The van der Waals surface area contributed by atoms with E-state index in [2.05, 4.69) is 22.5 Å². The first-order chi connectivity index (χ1) is 8.63. The number of hydrogen-bond donors (Lipinski definition) is 0. The summed E-state index contributed by atoms with van der Waals surface area (Å²) in [6.45, 7) is 4.40. The average Bonchev–Trinajstić information content (AvgIpc) is 2.95. The molecule has 0 bridgehead atoms. The van der Waals surface area contributed by atoms with Crippen molar-refractivity contribution >= 4 is 21.8 Å². The maximum Gasteiger partial charge on any atom is 0.271 e. The van der Waals surface area contributed by atoms with Crippen molar-refractivity contribution in [2.75, 3.05) is 6.54 Å². The molecule has 0 saturated heterocycles. The van der Waals surface area contributed by atoms with Gasteiger partial charge in [0.25, 0.3) is 5.91 Å². The molecule has 1 saturated carbocycles. The van der Waals surface area contributed by atoms with Gasteiger partial charge in [-0.1, -0.05) is 18.9 Å². The van der Waals surface area contributed by atoms with Gasteiger partial charge >= 0.3 is 0 Å². The van der Waals surface area contributed by atoms with Crippen LogP contribution in [-0.2, 0) is 7.05 Å². The first-order valence-corrected chi connectivity index (χ1v) is 7.16. The fraction of sp³-hybridized carbons (Fsp3) is 0.500. The van der Waals surface area contributed by atoms with Crippen LogP contribution in [0.25, 0.3) is 0 Å². The number of aromatic nitrogens is 1. The van der Waals surface area contributed by atoms with E-state index in [4.69, 9.17) is 0 Å². The van der Waals surface area contributed by atoms with E-state index in [0.29, 0.717) is 12.6 Å². The van der Waals surface area contributed by atoms with Crippen molar-refractivity contribution in [2.24, 2.45) is 7.05 Å². The lowest BCUT2D eigenvalue weighted by atomic mass is 10.2. The lowest BCUT2D eigenvalue weighted by molar-refractivity contribution is 0.0697. The molecule has 0 unspecified atom stereocenters. The van der Waals surface area contributed by atoms with Crippen LogP contribution >= 0.6 is 15.9 Å². The molecule has 1 aromatic heterocycles. The average molecular weight is 311 g/mol. The molecule has 18 heavy (non-hydrogen) atoms. The summed E-state index contributed by atoms with van der Waals surface area (Å²) < 4.78 is 2.82. The molecule has 0 aromatic carbocycles. The molecule has 0 atom stereocenters. The third-order valence-electron chi connectivity index (χ3n) is 3.54. The Morgan fingerprint density at radius 1 is 1.61 bits per heavy atom. The fourth-order valence-electron chi connectivity index (χ4n) is 2.64. The molecule has 0 aliphatic heterocycles. The minimum Gasteiger partial charge on any atom is -0.345 e. The van der Waals surface area contributed by atoms with Crippen LogP contribution in [0.3, 0.4) is 0 Å². The van der Waals surface area contributed by atoms with Crippen molar-refractivity contribution < 1.29 is 4.79 Å². The maximum atomic E-state index is 12.6. The van der Waals surface area contributed by atoms with Crippen LogP contribution in [0.1, 0.15) is 36.2 Å². The summed E-state index contributed by atoms with van der Waals surface area (Å²) in [5.41, 5.74) is 0.732. The van der Waals surface area contributed by atoms with Crippen molar-refractivity contribution in [2.45, 2.75) is 31.7 Å². The van der Waals surface area contributed by atoms with Gasteiger partial charge in [0.1, 0.15) is 5.69 Å². The van der Waals surface area contributed by atoms with Crippen molar-refractivity contribution in [3.63, 3.8) is 0 Å². The van der Waals surface area contributed by atoms with Crippen LogP contribution in [0, 0.1) is 0 Å². The maximum absolute atomic E-state index is 12.6. The van der Waals surface area contributed by atoms with Gasteiger partial charge in [0, 0.05) is 30.3 Å². The van der Waals surface area contributed by atoms with Crippen LogP contribution in [0.4, 0.5) is 0 Å². The Morgan fingerprint density at radius 2 is 2.28 bits per heavy atom. The quantitative estimate of drug-likeness (QED) is 0.783. The van der Waals surface area contributed by atoms with Crippen molar-refractivity contribution in [3.05, 3.63) is 35.1 Å². The number of halogens is 1. The lowest BCUT2D eigenvalue weighted by Gasteiger charge is -2.28. The van der Waals surface area contributed by atoms with Crippen molar-refractivity contribution in [3.8, 4) is 0 Å². The van der Waals surface area contributed by atoms with Gasteiger partial charge in [-0.2, -0.15) is 0 Å². The van der Waals surface area contributed by atoms with Crippen molar-refractivity contribution in [1.82, 2.24) is 9.47 Å². The van der Waals surface area contributed by atoms with Crippen LogP contribution in [-0.4, -0.2) is 28.0 Å². The smallest absolute Gasteiger partial charge is 0.271 e. The highest BCUT2D eigenvalue weighted by atomic mass is 79.9. The van der Waals surface area contributed by atoms with E-state index in [1.807, 2.05) is 34.9 Å². The first kappa shape index (κ1) is 13.4. The Labute approximate surface area is 117 Å². The number of hydrogen-bond acceptors (Lipinski definition) is 1.